The average molecular weight is 180 g/mol. The Balaban J connectivity index is 2.19. The van der Waals surface area contributed by atoms with E-state index in [4.69, 9.17) is 4.42 Å². The molecule has 0 aliphatic carbocycles. The lowest BCUT2D eigenvalue weighted by molar-refractivity contribution is -0.121. The molecule has 1 aromatic rings. The highest BCUT2D eigenvalue weighted by atomic mass is 16.3. The van der Waals surface area contributed by atoms with Crippen LogP contribution in [0.2, 0.25) is 0 Å². The highest BCUT2D eigenvalue weighted by Gasteiger charge is 2.26. The number of hydrogen-bond acceptors (Lipinski definition) is 3. The molecule has 1 aliphatic rings. The van der Waals surface area contributed by atoms with E-state index in [1.165, 1.54) is 0 Å². The number of nitrogens with one attached hydrogen (secondary N) is 1. The summed E-state index contributed by atoms with van der Waals surface area (Å²) in [5, 5.41) is 3.09. The lowest BCUT2D eigenvalue weighted by atomic mass is 10.2. The zero-order chi connectivity index (χ0) is 9.26. The normalized spacial score (nSPS) is 23.6. The maximum absolute atomic E-state index is 11.6. The van der Waals surface area contributed by atoms with Gasteiger partial charge in [0.1, 0.15) is 0 Å². The number of furan rings is 1. The number of rotatable bonds is 1. The van der Waals surface area contributed by atoms with Crippen molar-refractivity contribution in [2.45, 2.75) is 13.0 Å². The van der Waals surface area contributed by atoms with Crippen LogP contribution >= 0.6 is 0 Å². The molecule has 0 saturated carbocycles. The van der Waals surface area contributed by atoms with Gasteiger partial charge in [-0.2, -0.15) is 0 Å². The Morgan fingerprint density at radius 2 is 2.54 bits per heavy atom. The summed E-state index contributed by atoms with van der Waals surface area (Å²) >= 11 is 0. The van der Waals surface area contributed by atoms with Crippen LogP contribution in [0.3, 0.4) is 0 Å². The van der Waals surface area contributed by atoms with Gasteiger partial charge in [0, 0.05) is 19.2 Å². The molecule has 1 N–H and O–H groups in total. The predicted octanol–water partition coefficient (Wildman–Crippen LogP) is 0.604. The first-order valence-electron chi connectivity index (χ1n) is 4.37. The molecular formula is C9H12N2O2. The van der Waals surface area contributed by atoms with Crippen LogP contribution in [-0.2, 0) is 4.79 Å². The van der Waals surface area contributed by atoms with Gasteiger partial charge in [-0.3, -0.25) is 9.69 Å². The fraction of sp³-hybridized carbons (Fsp3) is 0.444. The van der Waals surface area contributed by atoms with Gasteiger partial charge < -0.3 is 9.73 Å². The Bertz CT molecular complexity index is 295. The first-order chi connectivity index (χ1) is 6.29. The molecule has 0 aromatic carbocycles. The average Bonchev–Trinajstić information content (AvgIpc) is 2.62. The molecule has 1 amide bonds. The number of piperazine rings is 1. The summed E-state index contributed by atoms with van der Waals surface area (Å²) in [7, 11) is 0. The number of carbonyl (C=O) groups is 1. The van der Waals surface area contributed by atoms with Crippen LogP contribution in [0.25, 0.3) is 0 Å². The van der Waals surface area contributed by atoms with Crippen molar-refractivity contribution in [2.24, 2.45) is 0 Å². The molecule has 1 aromatic heterocycles. The van der Waals surface area contributed by atoms with Gasteiger partial charge in [-0.15, -0.1) is 0 Å². The van der Waals surface area contributed by atoms with Crippen molar-refractivity contribution in [1.29, 1.82) is 0 Å². The number of nitrogens with zero attached hydrogens (tertiary/aromatic N) is 1. The van der Waals surface area contributed by atoms with E-state index in [9.17, 15) is 4.79 Å². The molecule has 1 aliphatic heterocycles. The summed E-state index contributed by atoms with van der Waals surface area (Å²) in [6.45, 7) is 3.35. The smallest absolute Gasteiger partial charge is 0.246 e. The third kappa shape index (κ3) is 1.45. The van der Waals surface area contributed by atoms with Gasteiger partial charge in [-0.1, -0.05) is 0 Å². The Morgan fingerprint density at radius 3 is 3.23 bits per heavy atom. The molecule has 2 rings (SSSR count). The van der Waals surface area contributed by atoms with Crippen molar-refractivity contribution in [3.63, 3.8) is 0 Å². The van der Waals surface area contributed by atoms with E-state index in [2.05, 4.69) is 5.32 Å². The second-order valence-corrected chi connectivity index (χ2v) is 3.12. The number of carbonyl (C=O) groups excluding carboxylic acids is 1. The zero-order valence-corrected chi connectivity index (χ0v) is 7.49. The monoisotopic (exact) mass is 180 g/mol. The standard InChI is InChI=1S/C9H12N2O2/c1-7-9(12)11(5-4-10-7)8-3-2-6-13-8/h2-3,6-7,10H,4-5H2,1H3. The second-order valence-electron chi connectivity index (χ2n) is 3.12. The summed E-state index contributed by atoms with van der Waals surface area (Å²) in [6.07, 6.45) is 1.58. The number of anilines is 1. The quantitative estimate of drug-likeness (QED) is 0.688. The molecule has 0 radical (unpaired) electrons. The zero-order valence-electron chi connectivity index (χ0n) is 7.49. The van der Waals surface area contributed by atoms with E-state index in [0.29, 0.717) is 12.4 Å². The molecule has 0 spiro atoms. The van der Waals surface area contributed by atoms with Crippen molar-refractivity contribution in [3.05, 3.63) is 18.4 Å². The van der Waals surface area contributed by atoms with Gasteiger partial charge in [0.15, 0.2) is 0 Å². The van der Waals surface area contributed by atoms with Crippen LogP contribution < -0.4 is 10.2 Å². The minimum atomic E-state index is -0.112. The van der Waals surface area contributed by atoms with Crippen LogP contribution in [0.4, 0.5) is 5.88 Å². The Kier molecular flexibility index (Phi) is 2.06. The predicted molar refractivity (Wildman–Crippen MR) is 48.5 cm³/mol. The topological polar surface area (TPSA) is 45.5 Å². The van der Waals surface area contributed by atoms with Crippen LogP contribution in [0, 0.1) is 0 Å². The van der Waals surface area contributed by atoms with Crippen molar-refractivity contribution in [1.82, 2.24) is 5.32 Å². The van der Waals surface area contributed by atoms with E-state index >= 15 is 0 Å². The highest BCUT2D eigenvalue weighted by molar-refractivity contribution is 5.96. The van der Waals surface area contributed by atoms with Gasteiger partial charge in [0.25, 0.3) is 0 Å². The van der Waals surface area contributed by atoms with Crippen molar-refractivity contribution >= 4 is 11.8 Å². The first kappa shape index (κ1) is 8.31. The molecule has 1 fully saturated rings. The maximum atomic E-state index is 11.6. The number of hydrogen-bond donors (Lipinski definition) is 1. The van der Waals surface area contributed by atoms with Crippen LogP contribution in [-0.4, -0.2) is 25.0 Å². The molecule has 1 saturated heterocycles. The minimum absolute atomic E-state index is 0.0706. The van der Waals surface area contributed by atoms with Gasteiger partial charge >= 0.3 is 0 Å². The van der Waals surface area contributed by atoms with Crippen molar-refractivity contribution in [2.75, 3.05) is 18.0 Å². The van der Waals surface area contributed by atoms with Crippen LogP contribution in [0.15, 0.2) is 22.8 Å². The van der Waals surface area contributed by atoms with Gasteiger partial charge in [-0.25, -0.2) is 0 Å². The fourth-order valence-electron chi connectivity index (χ4n) is 1.47. The minimum Gasteiger partial charge on any atom is -0.448 e. The molecule has 0 bridgehead atoms. The van der Waals surface area contributed by atoms with E-state index < -0.39 is 0 Å². The number of amides is 1. The van der Waals surface area contributed by atoms with E-state index in [0.717, 1.165) is 6.54 Å². The van der Waals surface area contributed by atoms with E-state index in [1.807, 2.05) is 6.92 Å². The second kappa shape index (κ2) is 3.22. The Morgan fingerprint density at radius 1 is 1.69 bits per heavy atom. The third-order valence-electron chi connectivity index (χ3n) is 2.19. The lowest BCUT2D eigenvalue weighted by Gasteiger charge is -2.29. The maximum Gasteiger partial charge on any atom is 0.246 e. The molecule has 4 nitrogen and oxygen atoms in total. The largest absolute Gasteiger partial charge is 0.448 e. The first-order valence-corrected chi connectivity index (χ1v) is 4.37. The van der Waals surface area contributed by atoms with Crippen LogP contribution in [0.5, 0.6) is 0 Å². The summed E-state index contributed by atoms with van der Waals surface area (Å²) in [6, 6.07) is 3.48. The molecule has 1 unspecified atom stereocenters. The van der Waals surface area contributed by atoms with E-state index in [-0.39, 0.29) is 11.9 Å². The Labute approximate surface area is 76.5 Å². The SMILES string of the molecule is CC1NCCN(c2ccco2)C1=O. The third-order valence-corrected chi connectivity index (χ3v) is 2.19. The molecule has 13 heavy (non-hydrogen) atoms. The molecule has 1 atom stereocenters. The summed E-state index contributed by atoms with van der Waals surface area (Å²) in [4.78, 5) is 13.3. The molecule has 2 heterocycles. The highest BCUT2D eigenvalue weighted by Crippen LogP contribution is 2.16. The van der Waals surface area contributed by atoms with Gasteiger partial charge in [0.2, 0.25) is 11.8 Å². The lowest BCUT2D eigenvalue weighted by Crippen LogP contribution is -2.53. The van der Waals surface area contributed by atoms with Crippen molar-refractivity contribution in [3.8, 4) is 0 Å². The molecule has 70 valence electrons. The summed E-state index contributed by atoms with van der Waals surface area (Å²) in [5.41, 5.74) is 0. The van der Waals surface area contributed by atoms with E-state index in [1.54, 1.807) is 23.3 Å². The molecular weight excluding hydrogens is 168 g/mol. The van der Waals surface area contributed by atoms with Crippen LogP contribution in [0.1, 0.15) is 6.92 Å². The Hall–Kier alpha value is -1.29. The summed E-state index contributed by atoms with van der Waals surface area (Å²) in [5.74, 6) is 0.708. The fourth-order valence-corrected chi connectivity index (χ4v) is 1.47. The summed E-state index contributed by atoms with van der Waals surface area (Å²) < 4.78 is 5.17. The van der Waals surface area contributed by atoms with Crippen molar-refractivity contribution < 1.29 is 9.21 Å². The van der Waals surface area contributed by atoms with Gasteiger partial charge in [-0.05, 0) is 13.0 Å². The van der Waals surface area contributed by atoms with Gasteiger partial charge in [0.05, 0.1) is 12.3 Å². The molecule has 4 heteroatoms.